The van der Waals surface area contributed by atoms with E-state index in [-0.39, 0.29) is 46.4 Å². The van der Waals surface area contributed by atoms with Crippen molar-refractivity contribution in [2.75, 3.05) is 5.32 Å². The molecule has 3 aromatic carbocycles. The summed E-state index contributed by atoms with van der Waals surface area (Å²) in [6.45, 7) is 13.2. The molecule has 2 unspecified atom stereocenters. The van der Waals surface area contributed by atoms with E-state index in [4.69, 9.17) is 4.74 Å². The van der Waals surface area contributed by atoms with Gasteiger partial charge in [-0.25, -0.2) is 14.6 Å². The Hall–Kier alpha value is -3.84. The van der Waals surface area contributed by atoms with Crippen LogP contribution in [0.25, 0.3) is 5.57 Å². The number of hydrogen-bond donors (Lipinski definition) is 4. The number of ether oxygens (including phenoxy) is 1. The SMILES string of the molecule is CC1CC(C)(C)Nc2cc3c(cc21)C(c1ccc(C(=O)O)cc1C(=O)O)=c1cc2c(cc1O3)=[NH+]C(C)(C)CC2C.[Cl-]. The van der Waals surface area contributed by atoms with Gasteiger partial charge in [-0.05, 0) is 81.3 Å². The van der Waals surface area contributed by atoms with Crippen molar-refractivity contribution in [3.63, 3.8) is 0 Å². The van der Waals surface area contributed by atoms with Crippen LogP contribution in [0.2, 0.25) is 0 Å². The van der Waals surface area contributed by atoms with Crippen molar-refractivity contribution in [1.29, 1.82) is 0 Å². The second-order valence-corrected chi connectivity index (χ2v) is 12.9. The van der Waals surface area contributed by atoms with Crippen LogP contribution in [0, 0.1) is 0 Å². The molecular weight excluding hydrogens is 540 g/mol. The summed E-state index contributed by atoms with van der Waals surface area (Å²) in [5.74, 6) is -0.504. The summed E-state index contributed by atoms with van der Waals surface area (Å²) in [5.41, 5.74) is 5.06. The predicted octanol–water partition coefficient (Wildman–Crippen LogP) is 1.12. The van der Waals surface area contributed by atoms with E-state index in [1.54, 1.807) is 6.07 Å². The summed E-state index contributed by atoms with van der Waals surface area (Å²) in [5, 5.41) is 25.3. The van der Waals surface area contributed by atoms with E-state index in [1.807, 2.05) is 12.1 Å². The van der Waals surface area contributed by atoms with E-state index in [1.165, 1.54) is 12.1 Å². The Kier molecular flexibility index (Phi) is 6.73. The van der Waals surface area contributed by atoms with Crippen LogP contribution in [0.5, 0.6) is 11.5 Å². The monoisotopic (exact) mass is 574 g/mol. The molecule has 4 N–H and O–H groups in total. The fourth-order valence-electron chi connectivity index (χ4n) is 6.99. The summed E-state index contributed by atoms with van der Waals surface area (Å²) in [6.07, 6.45) is 1.90. The molecule has 7 nitrogen and oxygen atoms in total. The van der Waals surface area contributed by atoms with Gasteiger partial charge in [-0.15, -0.1) is 0 Å². The molecule has 0 fully saturated rings. The fourth-order valence-corrected chi connectivity index (χ4v) is 6.99. The van der Waals surface area contributed by atoms with Gasteiger partial charge in [0.15, 0.2) is 5.54 Å². The van der Waals surface area contributed by atoms with Crippen LogP contribution < -0.4 is 38.0 Å². The zero-order valence-electron chi connectivity index (χ0n) is 24.1. The molecule has 0 amide bonds. The van der Waals surface area contributed by atoms with E-state index < -0.39 is 11.9 Å². The van der Waals surface area contributed by atoms with Crippen molar-refractivity contribution >= 4 is 23.2 Å². The van der Waals surface area contributed by atoms with Gasteiger partial charge >= 0.3 is 11.9 Å². The topological polar surface area (TPSA) is 110 Å². The van der Waals surface area contributed by atoms with E-state index in [0.717, 1.165) is 51.4 Å². The average molecular weight is 575 g/mol. The fraction of sp³-hybridized carbons (Fsp3) is 0.364. The smallest absolute Gasteiger partial charge is 0.336 e. The molecule has 3 aliphatic rings. The second kappa shape index (κ2) is 9.62. The Labute approximate surface area is 245 Å². The van der Waals surface area contributed by atoms with Crippen molar-refractivity contribution in [3.05, 3.63) is 86.4 Å². The first-order valence-corrected chi connectivity index (χ1v) is 13.8. The largest absolute Gasteiger partial charge is 1.00 e. The average Bonchev–Trinajstić information content (AvgIpc) is 2.84. The normalized spacial score (nSPS) is 20.9. The summed E-state index contributed by atoms with van der Waals surface area (Å²) < 4.78 is 6.59. The quantitative estimate of drug-likeness (QED) is 0.292. The van der Waals surface area contributed by atoms with E-state index >= 15 is 0 Å². The number of fused-ring (bicyclic) bond motifs is 4. The van der Waals surface area contributed by atoms with Crippen LogP contribution in [-0.2, 0) is 0 Å². The number of hydrogen-bond acceptors (Lipinski definition) is 4. The summed E-state index contributed by atoms with van der Waals surface area (Å²) >= 11 is 0. The van der Waals surface area contributed by atoms with E-state index in [9.17, 15) is 19.8 Å². The van der Waals surface area contributed by atoms with Crippen molar-refractivity contribution in [3.8, 4) is 11.5 Å². The maximum atomic E-state index is 12.5. The number of halogens is 1. The second-order valence-electron chi connectivity index (χ2n) is 12.9. The van der Waals surface area contributed by atoms with Gasteiger partial charge in [-0.2, -0.15) is 0 Å². The molecule has 3 heterocycles. The Morgan fingerprint density at radius 1 is 0.878 bits per heavy atom. The first kappa shape index (κ1) is 28.7. The number of anilines is 1. The van der Waals surface area contributed by atoms with Crippen LogP contribution in [0.1, 0.15) is 109 Å². The molecule has 0 bridgehead atoms. The van der Waals surface area contributed by atoms with Crippen LogP contribution in [0.4, 0.5) is 5.69 Å². The Morgan fingerprint density at radius 2 is 1.59 bits per heavy atom. The number of nitrogens with one attached hydrogen (secondary N) is 2. The third kappa shape index (κ3) is 4.86. The van der Waals surface area contributed by atoms with Crippen LogP contribution in [0.15, 0.2) is 42.5 Å². The minimum Gasteiger partial charge on any atom is -1.00 e. The lowest BCUT2D eigenvalue weighted by Crippen LogP contribution is -3.00. The third-order valence-electron chi connectivity index (χ3n) is 8.47. The van der Waals surface area contributed by atoms with Crippen LogP contribution in [0.3, 0.4) is 0 Å². The molecule has 2 atom stereocenters. The molecule has 0 spiro atoms. The highest BCUT2D eigenvalue weighted by molar-refractivity contribution is 6.01. The number of carboxylic acid groups (broad SMARTS) is 2. The van der Waals surface area contributed by atoms with Crippen LogP contribution in [-0.4, -0.2) is 33.2 Å². The highest BCUT2D eigenvalue weighted by atomic mass is 35.5. The molecule has 8 heteroatoms. The molecule has 3 aliphatic heterocycles. The zero-order valence-corrected chi connectivity index (χ0v) is 24.9. The maximum absolute atomic E-state index is 12.5. The lowest BCUT2D eigenvalue weighted by atomic mass is 9.79. The van der Waals surface area contributed by atoms with Gasteiger partial charge < -0.3 is 32.7 Å². The van der Waals surface area contributed by atoms with Crippen molar-refractivity contribution in [2.45, 2.75) is 77.3 Å². The molecule has 0 radical (unpaired) electrons. The zero-order chi connectivity index (χ0) is 28.7. The maximum Gasteiger partial charge on any atom is 0.336 e. The number of benzene rings is 3. The Morgan fingerprint density at radius 3 is 2.27 bits per heavy atom. The minimum absolute atomic E-state index is 0. The van der Waals surface area contributed by atoms with Crippen LogP contribution >= 0.6 is 0 Å². The van der Waals surface area contributed by atoms with Crippen molar-refractivity contribution in [1.82, 2.24) is 0 Å². The van der Waals surface area contributed by atoms with Crippen molar-refractivity contribution in [2.24, 2.45) is 0 Å². The lowest BCUT2D eigenvalue weighted by Gasteiger charge is -2.38. The summed E-state index contributed by atoms with van der Waals surface area (Å²) in [6, 6.07) is 12.6. The van der Waals surface area contributed by atoms with Crippen molar-refractivity contribution < 1.29 is 41.9 Å². The minimum atomic E-state index is -1.18. The van der Waals surface area contributed by atoms with Gasteiger partial charge in [0.05, 0.1) is 17.2 Å². The Balaban J connectivity index is 0.00000337. The molecular formula is C33H35ClN2O5. The highest BCUT2D eigenvalue weighted by Crippen LogP contribution is 2.46. The molecule has 3 aromatic rings. The lowest BCUT2D eigenvalue weighted by molar-refractivity contribution is -0.588. The molecule has 214 valence electrons. The molecule has 0 aromatic heterocycles. The molecule has 0 aliphatic carbocycles. The van der Waals surface area contributed by atoms with Gasteiger partial charge in [0.25, 0.3) is 0 Å². The van der Waals surface area contributed by atoms with Gasteiger partial charge in [-0.1, -0.05) is 19.9 Å². The van der Waals surface area contributed by atoms with Gasteiger partial charge in [0.1, 0.15) is 11.5 Å². The highest BCUT2D eigenvalue weighted by Gasteiger charge is 2.35. The van der Waals surface area contributed by atoms with Gasteiger partial charge in [0, 0.05) is 45.6 Å². The number of carbonyl (C=O) groups is 2. The number of rotatable bonds is 3. The summed E-state index contributed by atoms with van der Waals surface area (Å²) in [7, 11) is 0. The van der Waals surface area contributed by atoms with Gasteiger partial charge in [0.2, 0.25) is 5.36 Å². The third-order valence-corrected chi connectivity index (χ3v) is 8.47. The van der Waals surface area contributed by atoms with E-state index in [2.05, 4.69) is 64.0 Å². The summed E-state index contributed by atoms with van der Waals surface area (Å²) in [4.78, 5) is 27.9. The first-order valence-electron chi connectivity index (χ1n) is 13.8. The standard InChI is InChI=1S/C33H34N2O5.ClH/c1-16-14-32(3,4)34-25-12-27-23(10-20(16)25)29(19-8-7-18(30(36)37)9-22(19)31(38)39)24-11-21-17(2)15-33(5,6)35-26(21)13-28(24)40-27;/h7-13,16-17,34H,14-15H2,1-6H3,(H,36,37)(H,38,39);1H. The molecule has 6 rings (SSSR count). The van der Waals surface area contributed by atoms with E-state index in [0.29, 0.717) is 17.1 Å². The van der Waals surface area contributed by atoms with Gasteiger partial charge in [-0.3, -0.25) is 0 Å². The molecule has 0 saturated carbocycles. The number of carboxylic acids is 2. The first-order chi connectivity index (χ1) is 18.7. The molecule has 41 heavy (non-hydrogen) atoms. The number of aromatic carboxylic acids is 2. The Bertz CT molecular complexity index is 1760. The predicted molar refractivity (Wildman–Crippen MR) is 152 cm³/mol. The molecule has 0 saturated heterocycles.